The van der Waals surface area contributed by atoms with Gasteiger partial charge in [-0.05, 0) is 37.5 Å². The quantitative estimate of drug-likeness (QED) is 0.808. The van der Waals surface area contributed by atoms with E-state index in [2.05, 4.69) is 42.7 Å². The fraction of sp³-hybridized carbons (Fsp3) is 0.462. The van der Waals surface area contributed by atoms with Gasteiger partial charge in [0.25, 0.3) is 0 Å². The molecule has 0 bridgehead atoms. The minimum Gasteiger partial charge on any atom is -0.358 e. The molecule has 0 aliphatic heterocycles. The molecular formula is C13H20N2O. The second-order valence-corrected chi connectivity index (χ2v) is 4.14. The lowest BCUT2D eigenvalue weighted by molar-refractivity contribution is -0.122. The molecule has 1 unspecified atom stereocenters. The number of nitrogens with one attached hydrogen (secondary N) is 2. The Morgan fingerprint density at radius 2 is 2.00 bits per heavy atom. The van der Waals surface area contributed by atoms with E-state index in [1.807, 2.05) is 6.92 Å². The van der Waals surface area contributed by atoms with Gasteiger partial charge in [0.05, 0.1) is 6.04 Å². The van der Waals surface area contributed by atoms with Crippen LogP contribution in [0.3, 0.4) is 0 Å². The van der Waals surface area contributed by atoms with Crippen LogP contribution in [0.4, 0.5) is 0 Å². The summed E-state index contributed by atoms with van der Waals surface area (Å²) in [6.45, 7) is 6.77. The average Bonchev–Trinajstić information content (AvgIpc) is 2.29. The molecule has 3 heteroatoms. The molecule has 0 spiro atoms. The van der Waals surface area contributed by atoms with Crippen LogP contribution in [0.5, 0.6) is 0 Å². The standard InChI is InChI=1S/C13H20N2O/c1-9-5-6-12(7-10(9)2)8-15-11(3)13(16)14-4/h5-7,11,15H,8H2,1-4H3,(H,14,16). The van der Waals surface area contributed by atoms with E-state index in [-0.39, 0.29) is 11.9 Å². The van der Waals surface area contributed by atoms with Crippen molar-refractivity contribution in [2.75, 3.05) is 7.05 Å². The van der Waals surface area contributed by atoms with Gasteiger partial charge in [0.1, 0.15) is 0 Å². The minimum atomic E-state index is -0.161. The van der Waals surface area contributed by atoms with E-state index in [4.69, 9.17) is 0 Å². The van der Waals surface area contributed by atoms with Crippen molar-refractivity contribution in [3.8, 4) is 0 Å². The first-order valence-corrected chi connectivity index (χ1v) is 5.55. The maximum atomic E-state index is 11.3. The molecule has 1 amide bonds. The van der Waals surface area contributed by atoms with Crippen LogP contribution in [-0.2, 0) is 11.3 Å². The van der Waals surface area contributed by atoms with Crippen LogP contribution in [0.15, 0.2) is 18.2 Å². The molecule has 0 heterocycles. The van der Waals surface area contributed by atoms with Crippen LogP contribution in [0, 0.1) is 13.8 Å². The van der Waals surface area contributed by atoms with Crippen molar-refractivity contribution < 1.29 is 4.79 Å². The third kappa shape index (κ3) is 3.35. The van der Waals surface area contributed by atoms with Gasteiger partial charge in [-0.15, -0.1) is 0 Å². The predicted molar refractivity (Wildman–Crippen MR) is 66.3 cm³/mol. The third-order valence-corrected chi connectivity index (χ3v) is 2.82. The molecular weight excluding hydrogens is 200 g/mol. The van der Waals surface area contributed by atoms with E-state index < -0.39 is 0 Å². The first kappa shape index (κ1) is 12.7. The Labute approximate surface area is 97.2 Å². The van der Waals surface area contributed by atoms with Gasteiger partial charge in [-0.25, -0.2) is 0 Å². The topological polar surface area (TPSA) is 41.1 Å². The number of likely N-dealkylation sites (N-methyl/N-ethyl adjacent to an activating group) is 1. The van der Waals surface area contributed by atoms with Gasteiger partial charge in [-0.3, -0.25) is 4.79 Å². The van der Waals surface area contributed by atoms with E-state index in [1.165, 1.54) is 16.7 Å². The summed E-state index contributed by atoms with van der Waals surface area (Å²) in [5.74, 6) is 0.0174. The summed E-state index contributed by atoms with van der Waals surface area (Å²) in [6, 6.07) is 6.19. The highest BCUT2D eigenvalue weighted by molar-refractivity contribution is 5.80. The van der Waals surface area contributed by atoms with Crippen molar-refractivity contribution in [3.63, 3.8) is 0 Å². The number of benzene rings is 1. The largest absolute Gasteiger partial charge is 0.358 e. The lowest BCUT2D eigenvalue weighted by atomic mass is 10.1. The average molecular weight is 220 g/mol. The van der Waals surface area contributed by atoms with Crippen LogP contribution in [0.2, 0.25) is 0 Å². The Balaban J connectivity index is 2.55. The van der Waals surface area contributed by atoms with Crippen molar-refractivity contribution in [1.82, 2.24) is 10.6 Å². The second-order valence-electron chi connectivity index (χ2n) is 4.14. The summed E-state index contributed by atoms with van der Waals surface area (Å²) >= 11 is 0. The smallest absolute Gasteiger partial charge is 0.236 e. The Kier molecular flexibility index (Phi) is 4.50. The zero-order chi connectivity index (χ0) is 12.1. The van der Waals surface area contributed by atoms with Crippen molar-refractivity contribution in [2.24, 2.45) is 0 Å². The number of aryl methyl sites for hydroxylation is 2. The van der Waals surface area contributed by atoms with Crippen molar-refractivity contribution in [1.29, 1.82) is 0 Å². The number of hydrogen-bond donors (Lipinski definition) is 2. The number of carbonyl (C=O) groups excluding carboxylic acids is 1. The van der Waals surface area contributed by atoms with Crippen LogP contribution < -0.4 is 10.6 Å². The van der Waals surface area contributed by atoms with Gasteiger partial charge in [-0.1, -0.05) is 18.2 Å². The number of rotatable bonds is 4. The molecule has 0 saturated carbocycles. The molecule has 1 aromatic carbocycles. The highest BCUT2D eigenvalue weighted by Crippen LogP contribution is 2.09. The maximum absolute atomic E-state index is 11.3. The van der Waals surface area contributed by atoms with Gasteiger partial charge >= 0.3 is 0 Å². The van der Waals surface area contributed by atoms with E-state index in [1.54, 1.807) is 7.05 Å². The van der Waals surface area contributed by atoms with Crippen LogP contribution >= 0.6 is 0 Å². The van der Waals surface area contributed by atoms with Gasteiger partial charge in [-0.2, -0.15) is 0 Å². The fourth-order valence-corrected chi connectivity index (χ4v) is 1.49. The van der Waals surface area contributed by atoms with Crippen molar-refractivity contribution >= 4 is 5.91 Å². The molecule has 16 heavy (non-hydrogen) atoms. The molecule has 3 nitrogen and oxygen atoms in total. The summed E-state index contributed by atoms with van der Waals surface area (Å²) in [6.07, 6.45) is 0. The van der Waals surface area contributed by atoms with E-state index in [9.17, 15) is 4.79 Å². The lowest BCUT2D eigenvalue weighted by Crippen LogP contribution is -2.40. The van der Waals surface area contributed by atoms with E-state index in [0.717, 1.165) is 6.54 Å². The molecule has 0 saturated heterocycles. The third-order valence-electron chi connectivity index (χ3n) is 2.82. The molecule has 88 valence electrons. The molecule has 1 rings (SSSR count). The normalized spacial score (nSPS) is 12.2. The Hall–Kier alpha value is -1.35. The Morgan fingerprint density at radius 3 is 2.56 bits per heavy atom. The SMILES string of the molecule is CNC(=O)C(C)NCc1ccc(C)c(C)c1. The van der Waals surface area contributed by atoms with Crippen LogP contribution in [0.1, 0.15) is 23.6 Å². The summed E-state index contributed by atoms with van der Waals surface area (Å²) < 4.78 is 0. The molecule has 0 aromatic heterocycles. The number of hydrogen-bond acceptors (Lipinski definition) is 2. The molecule has 2 N–H and O–H groups in total. The molecule has 0 fully saturated rings. The first-order valence-electron chi connectivity index (χ1n) is 5.55. The van der Waals surface area contributed by atoms with Gasteiger partial charge in [0.2, 0.25) is 5.91 Å². The second kappa shape index (κ2) is 5.66. The Bertz CT molecular complexity index is 374. The first-order chi connectivity index (χ1) is 7.54. The highest BCUT2D eigenvalue weighted by atomic mass is 16.2. The Morgan fingerprint density at radius 1 is 1.31 bits per heavy atom. The molecule has 0 aliphatic rings. The molecule has 0 radical (unpaired) electrons. The zero-order valence-electron chi connectivity index (χ0n) is 10.4. The molecule has 0 aliphatic carbocycles. The van der Waals surface area contributed by atoms with E-state index in [0.29, 0.717) is 0 Å². The lowest BCUT2D eigenvalue weighted by Gasteiger charge is -2.12. The van der Waals surface area contributed by atoms with Gasteiger partial charge < -0.3 is 10.6 Å². The summed E-state index contributed by atoms with van der Waals surface area (Å²) in [7, 11) is 1.65. The van der Waals surface area contributed by atoms with E-state index >= 15 is 0 Å². The van der Waals surface area contributed by atoms with Crippen LogP contribution in [-0.4, -0.2) is 19.0 Å². The molecule has 1 aromatic rings. The number of carbonyl (C=O) groups is 1. The van der Waals surface area contributed by atoms with Gasteiger partial charge in [0.15, 0.2) is 0 Å². The molecule has 1 atom stereocenters. The monoisotopic (exact) mass is 220 g/mol. The van der Waals surface area contributed by atoms with Crippen LogP contribution in [0.25, 0.3) is 0 Å². The summed E-state index contributed by atoms with van der Waals surface area (Å²) in [4.78, 5) is 11.3. The number of amides is 1. The highest BCUT2D eigenvalue weighted by Gasteiger charge is 2.09. The minimum absolute atomic E-state index is 0.0174. The van der Waals surface area contributed by atoms with Crippen molar-refractivity contribution in [3.05, 3.63) is 34.9 Å². The zero-order valence-corrected chi connectivity index (χ0v) is 10.4. The van der Waals surface area contributed by atoms with Crippen molar-refractivity contribution in [2.45, 2.75) is 33.4 Å². The summed E-state index contributed by atoms with van der Waals surface area (Å²) in [5.41, 5.74) is 3.79. The predicted octanol–water partition coefficient (Wildman–Crippen LogP) is 1.53. The fourth-order valence-electron chi connectivity index (χ4n) is 1.49. The summed E-state index contributed by atoms with van der Waals surface area (Å²) in [5, 5.41) is 5.80. The van der Waals surface area contributed by atoms with Gasteiger partial charge in [0, 0.05) is 13.6 Å². The maximum Gasteiger partial charge on any atom is 0.236 e.